The van der Waals surface area contributed by atoms with Gasteiger partial charge in [0.15, 0.2) is 0 Å². The molecule has 0 amide bonds. The van der Waals surface area contributed by atoms with Gasteiger partial charge in [0, 0.05) is 37.7 Å². The molecule has 0 atom stereocenters. The van der Waals surface area contributed by atoms with Crippen molar-refractivity contribution in [1.29, 1.82) is 0 Å². The Balaban J connectivity index is 1.25. The van der Waals surface area contributed by atoms with Gasteiger partial charge >= 0.3 is 0 Å². The van der Waals surface area contributed by atoms with Crippen LogP contribution in [-0.2, 0) is 5.41 Å². The fourth-order valence-corrected chi connectivity index (χ4v) is 6.79. The zero-order valence-electron chi connectivity index (χ0n) is 20.2. The Hall–Kier alpha value is -3.95. The molecule has 0 N–H and O–H groups in total. The van der Waals surface area contributed by atoms with Gasteiger partial charge in [-0.3, -0.25) is 4.98 Å². The van der Waals surface area contributed by atoms with E-state index < -0.39 is 0 Å². The average molecular weight is 481 g/mol. The van der Waals surface area contributed by atoms with Crippen LogP contribution in [0.25, 0.3) is 44.2 Å². The third kappa shape index (κ3) is 3.35. The largest absolute Gasteiger partial charge is 0.254 e. The van der Waals surface area contributed by atoms with Crippen molar-refractivity contribution in [2.75, 3.05) is 0 Å². The van der Waals surface area contributed by atoms with Crippen LogP contribution in [0.15, 0.2) is 119 Å². The van der Waals surface area contributed by atoms with Gasteiger partial charge in [0.25, 0.3) is 0 Å². The van der Waals surface area contributed by atoms with E-state index in [0.29, 0.717) is 0 Å². The number of nitrogens with zero attached hydrogens (tertiary/aromatic N) is 2. The van der Waals surface area contributed by atoms with Gasteiger partial charge in [0.2, 0.25) is 0 Å². The maximum absolute atomic E-state index is 5.01. The molecular weight excluding hydrogens is 456 g/mol. The molecule has 1 aliphatic heterocycles. The lowest BCUT2D eigenvalue weighted by Gasteiger charge is -2.34. The topological polar surface area (TPSA) is 25.8 Å². The fraction of sp³-hybridized carbons (Fsp3) is 0.0909. The maximum atomic E-state index is 5.01. The van der Waals surface area contributed by atoms with Crippen LogP contribution in [0.5, 0.6) is 0 Å². The Morgan fingerprint density at radius 1 is 0.583 bits per heavy atom. The molecule has 0 unspecified atom stereocenters. The van der Waals surface area contributed by atoms with Gasteiger partial charge < -0.3 is 0 Å². The minimum atomic E-state index is 0.000343. The maximum Gasteiger partial charge on any atom is 0.0972 e. The molecule has 4 aromatic carbocycles. The molecule has 7 rings (SSSR count). The summed E-state index contributed by atoms with van der Waals surface area (Å²) in [4.78, 5) is 12.3. The number of pyridine rings is 2. The predicted octanol–water partition coefficient (Wildman–Crippen LogP) is 8.91. The molecule has 0 saturated heterocycles. The quantitative estimate of drug-likeness (QED) is 0.231. The van der Waals surface area contributed by atoms with Crippen LogP contribution in [0.3, 0.4) is 0 Å². The molecule has 1 aliphatic rings. The zero-order chi connectivity index (χ0) is 24.3. The minimum Gasteiger partial charge on any atom is -0.254 e. The molecule has 0 aliphatic carbocycles. The smallest absolute Gasteiger partial charge is 0.0972 e. The highest BCUT2D eigenvalue weighted by molar-refractivity contribution is 7.99. The Bertz CT molecular complexity index is 1780. The molecule has 0 bridgehead atoms. The highest BCUT2D eigenvalue weighted by Gasteiger charge is 2.32. The highest BCUT2D eigenvalue weighted by atomic mass is 32.2. The first-order chi connectivity index (χ1) is 17.6. The summed E-state index contributed by atoms with van der Waals surface area (Å²) in [6.07, 6.45) is 1.83. The van der Waals surface area contributed by atoms with Crippen molar-refractivity contribution in [3.63, 3.8) is 0 Å². The van der Waals surface area contributed by atoms with Crippen molar-refractivity contribution >= 4 is 33.6 Å². The second-order valence-corrected chi connectivity index (χ2v) is 11.0. The van der Waals surface area contributed by atoms with Gasteiger partial charge in [-0.1, -0.05) is 104 Å². The summed E-state index contributed by atoms with van der Waals surface area (Å²) in [5.74, 6) is 0. The van der Waals surface area contributed by atoms with E-state index in [2.05, 4.69) is 116 Å². The SMILES string of the molecule is CC1(C)c2ccccc2Sc2cc(-c3ccc(-c4ccc5ccc6cccnc6c5n4)cc3)ccc21. The zero-order valence-corrected chi connectivity index (χ0v) is 21.0. The molecule has 0 saturated carbocycles. The number of hydrogen-bond acceptors (Lipinski definition) is 3. The van der Waals surface area contributed by atoms with Crippen LogP contribution in [-0.4, -0.2) is 9.97 Å². The van der Waals surface area contributed by atoms with E-state index >= 15 is 0 Å². The van der Waals surface area contributed by atoms with Crippen LogP contribution < -0.4 is 0 Å². The molecule has 2 aromatic heterocycles. The van der Waals surface area contributed by atoms with Crippen molar-refractivity contribution in [3.05, 3.63) is 120 Å². The molecule has 6 aromatic rings. The van der Waals surface area contributed by atoms with Crippen LogP contribution >= 0.6 is 11.8 Å². The molecule has 3 heterocycles. The Labute approximate surface area is 215 Å². The number of fused-ring (bicyclic) bond motifs is 5. The Morgan fingerprint density at radius 2 is 1.28 bits per heavy atom. The second-order valence-electron chi connectivity index (χ2n) is 9.92. The summed E-state index contributed by atoms with van der Waals surface area (Å²) >= 11 is 1.88. The fourth-order valence-electron chi connectivity index (χ4n) is 5.36. The summed E-state index contributed by atoms with van der Waals surface area (Å²) < 4.78 is 0. The van der Waals surface area contributed by atoms with E-state index in [4.69, 9.17) is 4.98 Å². The molecule has 2 nitrogen and oxygen atoms in total. The van der Waals surface area contributed by atoms with Crippen molar-refractivity contribution < 1.29 is 0 Å². The summed E-state index contributed by atoms with van der Waals surface area (Å²) in [7, 11) is 0. The number of hydrogen-bond donors (Lipinski definition) is 0. The van der Waals surface area contributed by atoms with Gasteiger partial charge in [-0.25, -0.2) is 4.98 Å². The lowest BCUT2D eigenvalue weighted by molar-refractivity contribution is 0.607. The molecule has 172 valence electrons. The molecule has 36 heavy (non-hydrogen) atoms. The molecule has 3 heteroatoms. The van der Waals surface area contributed by atoms with Crippen molar-refractivity contribution in [2.24, 2.45) is 0 Å². The van der Waals surface area contributed by atoms with Crippen LogP contribution in [0.4, 0.5) is 0 Å². The predicted molar refractivity (Wildman–Crippen MR) is 151 cm³/mol. The van der Waals surface area contributed by atoms with E-state index in [1.54, 1.807) is 0 Å². The van der Waals surface area contributed by atoms with Gasteiger partial charge in [-0.2, -0.15) is 0 Å². The second kappa shape index (κ2) is 8.04. The summed E-state index contributed by atoms with van der Waals surface area (Å²) in [6.45, 7) is 4.66. The monoisotopic (exact) mass is 480 g/mol. The Kier molecular flexibility index (Phi) is 4.77. The van der Waals surface area contributed by atoms with Crippen molar-refractivity contribution in [2.45, 2.75) is 29.1 Å². The van der Waals surface area contributed by atoms with Crippen LogP contribution in [0.2, 0.25) is 0 Å². The van der Waals surface area contributed by atoms with Gasteiger partial charge in [0.1, 0.15) is 0 Å². The summed E-state index contributed by atoms with van der Waals surface area (Å²) in [5, 5.41) is 2.22. The van der Waals surface area contributed by atoms with E-state index in [9.17, 15) is 0 Å². The normalized spacial score (nSPS) is 13.9. The first-order valence-corrected chi connectivity index (χ1v) is 13.1. The van der Waals surface area contributed by atoms with Gasteiger partial charge in [-0.05, 0) is 46.5 Å². The van der Waals surface area contributed by atoms with Gasteiger partial charge in [-0.15, -0.1) is 0 Å². The first-order valence-electron chi connectivity index (χ1n) is 12.3. The lowest BCUT2D eigenvalue weighted by Crippen LogP contribution is -2.23. The van der Waals surface area contributed by atoms with E-state index in [-0.39, 0.29) is 5.41 Å². The standard InChI is InChI=1S/C33H24N2S/c1-33(2)26-7-3-4-8-29(26)36-30-20-25(15-17-27(30)33)21-9-11-22(12-10-21)28-18-16-24-14-13-23-6-5-19-34-31(23)32(24)35-28/h3-20H,1-2H3. The minimum absolute atomic E-state index is 0.000343. The Morgan fingerprint density at radius 3 is 2.14 bits per heavy atom. The van der Waals surface area contributed by atoms with E-state index in [1.165, 1.54) is 32.0 Å². The summed E-state index contributed by atoms with van der Waals surface area (Å²) in [5.41, 5.74) is 9.23. The summed E-state index contributed by atoms with van der Waals surface area (Å²) in [6, 6.07) is 37.0. The molecule has 0 spiro atoms. The van der Waals surface area contributed by atoms with Crippen molar-refractivity contribution in [3.8, 4) is 22.4 Å². The number of benzene rings is 4. The molecule has 0 fully saturated rings. The molecular formula is C33H24N2S. The third-order valence-electron chi connectivity index (χ3n) is 7.38. The third-order valence-corrected chi connectivity index (χ3v) is 8.51. The number of rotatable bonds is 2. The first kappa shape index (κ1) is 21.3. The lowest BCUT2D eigenvalue weighted by atomic mass is 9.77. The van der Waals surface area contributed by atoms with E-state index in [0.717, 1.165) is 33.1 Å². The highest BCUT2D eigenvalue weighted by Crippen LogP contribution is 2.49. The van der Waals surface area contributed by atoms with Gasteiger partial charge in [0.05, 0.1) is 16.7 Å². The van der Waals surface area contributed by atoms with E-state index in [1.807, 2.05) is 24.0 Å². The van der Waals surface area contributed by atoms with Crippen molar-refractivity contribution in [1.82, 2.24) is 9.97 Å². The van der Waals surface area contributed by atoms with Crippen LogP contribution in [0, 0.1) is 0 Å². The van der Waals surface area contributed by atoms with Crippen LogP contribution in [0.1, 0.15) is 25.0 Å². The molecule has 0 radical (unpaired) electrons. The average Bonchev–Trinajstić information content (AvgIpc) is 2.92. The number of aromatic nitrogens is 2.